The van der Waals surface area contributed by atoms with Crippen LogP contribution in [-0.4, -0.2) is 40.8 Å². The molecule has 36 heavy (non-hydrogen) atoms. The van der Waals surface area contributed by atoms with E-state index in [4.69, 9.17) is 4.42 Å². The van der Waals surface area contributed by atoms with Gasteiger partial charge in [-0.25, -0.2) is 4.39 Å². The highest BCUT2D eigenvalue weighted by Gasteiger charge is 2.31. The van der Waals surface area contributed by atoms with E-state index in [-0.39, 0.29) is 17.1 Å². The SMILES string of the molecule is Cc1ccc([C@H](c2c(O)cc(C)n(Cc3ccco3)c2=O)N2CCN(c3ccc(F)cc3)CC2)cc1. The molecule has 4 aromatic rings. The summed E-state index contributed by atoms with van der Waals surface area (Å²) in [5, 5.41) is 11.1. The van der Waals surface area contributed by atoms with E-state index < -0.39 is 6.04 Å². The third kappa shape index (κ3) is 4.79. The number of rotatable bonds is 6. The molecule has 3 heterocycles. The topological polar surface area (TPSA) is 61.9 Å². The smallest absolute Gasteiger partial charge is 0.260 e. The molecule has 0 aliphatic carbocycles. The van der Waals surface area contributed by atoms with Crippen LogP contribution in [0.25, 0.3) is 0 Å². The molecule has 7 heteroatoms. The van der Waals surface area contributed by atoms with Crippen molar-refractivity contribution in [3.05, 3.63) is 117 Å². The van der Waals surface area contributed by atoms with E-state index in [2.05, 4.69) is 9.80 Å². The highest BCUT2D eigenvalue weighted by atomic mass is 19.1. The minimum atomic E-state index is -0.406. The van der Waals surface area contributed by atoms with E-state index in [1.165, 1.54) is 12.1 Å². The van der Waals surface area contributed by atoms with Crippen LogP contribution in [0.2, 0.25) is 0 Å². The fraction of sp³-hybridized carbons (Fsp3) is 0.276. The lowest BCUT2D eigenvalue weighted by Gasteiger charge is -2.40. The molecule has 2 aromatic carbocycles. The molecule has 0 amide bonds. The molecule has 1 fully saturated rings. The van der Waals surface area contributed by atoms with Gasteiger partial charge in [0.05, 0.1) is 24.4 Å². The Morgan fingerprint density at radius 1 is 0.972 bits per heavy atom. The minimum absolute atomic E-state index is 0.000246. The third-order valence-corrected chi connectivity index (χ3v) is 6.95. The van der Waals surface area contributed by atoms with Gasteiger partial charge in [0.25, 0.3) is 5.56 Å². The Morgan fingerprint density at radius 3 is 2.31 bits per heavy atom. The molecule has 1 aliphatic heterocycles. The molecule has 0 radical (unpaired) electrons. The predicted molar refractivity (Wildman–Crippen MR) is 138 cm³/mol. The number of aryl methyl sites for hydroxylation is 2. The van der Waals surface area contributed by atoms with Crippen molar-refractivity contribution < 1.29 is 13.9 Å². The summed E-state index contributed by atoms with van der Waals surface area (Å²) in [5.41, 5.74) is 3.86. The predicted octanol–water partition coefficient (Wildman–Crippen LogP) is 4.86. The summed E-state index contributed by atoms with van der Waals surface area (Å²) in [6.07, 6.45) is 1.59. The van der Waals surface area contributed by atoms with E-state index in [1.807, 2.05) is 44.2 Å². The van der Waals surface area contributed by atoms with Crippen molar-refractivity contribution in [2.75, 3.05) is 31.1 Å². The number of nitrogens with zero attached hydrogens (tertiary/aromatic N) is 3. The molecule has 0 bridgehead atoms. The van der Waals surface area contributed by atoms with Gasteiger partial charge in [-0.1, -0.05) is 29.8 Å². The van der Waals surface area contributed by atoms with Crippen LogP contribution in [0.3, 0.4) is 0 Å². The first-order chi connectivity index (χ1) is 17.4. The van der Waals surface area contributed by atoms with Gasteiger partial charge in [0.15, 0.2) is 0 Å². The third-order valence-electron chi connectivity index (χ3n) is 6.95. The number of benzene rings is 2. The number of aromatic hydroxyl groups is 1. The molecule has 5 rings (SSSR count). The molecule has 1 atom stereocenters. The second-order valence-electron chi connectivity index (χ2n) is 9.37. The van der Waals surface area contributed by atoms with Crippen molar-refractivity contribution in [2.24, 2.45) is 0 Å². The number of halogens is 1. The minimum Gasteiger partial charge on any atom is -0.507 e. The van der Waals surface area contributed by atoms with Crippen LogP contribution in [-0.2, 0) is 6.54 Å². The summed E-state index contributed by atoms with van der Waals surface area (Å²) in [4.78, 5) is 18.3. The Morgan fingerprint density at radius 2 is 1.67 bits per heavy atom. The summed E-state index contributed by atoms with van der Waals surface area (Å²) in [5.74, 6) is 0.425. The van der Waals surface area contributed by atoms with Gasteiger partial charge in [-0.3, -0.25) is 9.69 Å². The van der Waals surface area contributed by atoms with E-state index in [1.54, 1.807) is 35.1 Å². The first kappa shape index (κ1) is 23.9. The highest BCUT2D eigenvalue weighted by Crippen LogP contribution is 2.34. The van der Waals surface area contributed by atoms with Crippen molar-refractivity contribution in [1.82, 2.24) is 9.47 Å². The van der Waals surface area contributed by atoms with Crippen LogP contribution in [0.15, 0.2) is 82.2 Å². The molecule has 1 aliphatic rings. The Bertz CT molecular complexity index is 1370. The van der Waals surface area contributed by atoms with E-state index in [9.17, 15) is 14.3 Å². The zero-order valence-corrected chi connectivity index (χ0v) is 20.5. The standard InChI is InChI=1S/C29H30FN3O3/c1-20-5-7-22(8-6-20)28(32-15-13-31(14-16-32)24-11-9-23(30)10-12-24)27-26(34)18-21(2)33(29(27)35)19-25-4-3-17-36-25/h3-12,17-18,28,34H,13-16,19H2,1-2H3/t28-/m1/s1. The normalized spacial score (nSPS) is 15.2. The fourth-order valence-electron chi connectivity index (χ4n) is 4.98. The van der Waals surface area contributed by atoms with Crippen LogP contribution >= 0.6 is 0 Å². The molecule has 1 saturated heterocycles. The monoisotopic (exact) mass is 487 g/mol. The summed E-state index contributed by atoms with van der Waals surface area (Å²) in [7, 11) is 0. The fourth-order valence-corrected chi connectivity index (χ4v) is 4.98. The van der Waals surface area contributed by atoms with Crippen molar-refractivity contribution >= 4 is 5.69 Å². The lowest BCUT2D eigenvalue weighted by atomic mass is 9.95. The largest absolute Gasteiger partial charge is 0.507 e. The van der Waals surface area contributed by atoms with Crippen molar-refractivity contribution in [3.63, 3.8) is 0 Å². The maximum atomic E-state index is 13.9. The average molecular weight is 488 g/mol. The first-order valence-electron chi connectivity index (χ1n) is 12.2. The Hall–Kier alpha value is -3.84. The summed E-state index contributed by atoms with van der Waals surface area (Å²) < 4.78 is 20.5. The molecule has 6 nitrogen and oxygen atoms in total. The van der Waals surface area contributed by atoms with Gasteiger partial charge in [-0.15, -0.1) is 0 Å². The van der Waals surface area contributed by atoms with Crippen LogP contribution in [0.4, 0.5) is 10.1 Å². The lowest BCUT2D eigenvalue weighted by Crippen LogP contribution is -2.49. The summed E-state index contributed by atoms with van der Waals surface area (Å²) in [6.45, 7) is 6.95. The van der Waals surface area contributed by atoms with E-state index in [0.717, 1.165) is 29.9 Å². The molecular weight excluding hydrogens is 457 g/mol. The Labute approximate surface area is 209 Å². The molecule has 0 saturated carbocycles. The zero-order chi connectivity index (χ0) is 25.2. The van der Waals surface area contributed by atoms with Crippen molar-refractivity contribution in [1.29, 1.82) is 0 Å². The number of hydrogen-bond donors (Lipinski definition) is 1. The average Bonchev–Trinajstić information content (AvgIpc) is 3.39. The number of aromatic nitrogens is 1. The highest BCUT2D eigenvalue weighted by molar-refractivity contribution is 5.47. The first-order valence-corrected chi connectivity index (χ1v) is 12.2. The summed E-state index contributed by atoms with van der Waals surface area (Å²) in [6, 6.07) is 19.6. The van der Waals surface area contributed by atoms with Gasteiger partial charge in [-0.05, 0) is 61.9 Å². The molecule has 186 valence electrons. The van der Waals surface area contributed by atoms with Gasteiger partial charge in [0.2, 0.25) is 0 Å². The van der Waals surface area contributed by atoms with Crippen LogP contribution in [0.1, 0.15) is 34.2 Å². The maximum Gasteiger partial charge on any atom is 0.260 e. The van der Waals surface area contributed by atoms with Crippen molar-refractivity contribution in [2.45, 2.75) is 26.4 Å². The maximum absolute atomic E-state index is 13.9. The lowest BCUT2D eigenvalue weighted by molar-refractivity contribution is 0.207. The van der Waals surface area contributed by atoms with Crippen LogP contribution in [0, 0.1) is 19.7 Å². The van der Waals surface area contributed by atoms with Gasteiger partial charge in [0.1, 0.15) is 17.3 Å². The Kier molecular flexibility index (Phi) is 6.65. The van der Waals surface area contributed by atoms with E-state index >= 15 is 0 Å². The van der Waals surface area contributed by atoms with Crippen LogP contribution < -0.4 is 10.5 Å². The quantitative estimate of drug-likeness (QED) is 0.421. The molecule has 0 unspecified atom stereocenters. The van der Waals surface area contributed by atoms with Crippen molar-refractivity contribution in [3.8, 4) is 5.75 Å². The van der Waals surface area contributed by atoms with E-state index in [0.29, 0.717) is 36.7 Å². The number of furan rings is 1. The molecule has 1 N–H and O–H groups in total. The Balaban J connectivity index is 1.51. The number of anilines is 1. The van der Waals surface area contributed by atoms with Gasteiger partial charge >= 0.3 is 0 Å². The summed E-state index contributed by atoms with van der Waals surface area (Å²) >= 11 is 0. The number of hydrogen-bond acceptors (Lipinski definition) is 5. The molecular formula is C29H30FN3O3. The zero-order valence-electron chi connectivity index (χ0n) is 20.5. The molecule has 2 aromatic heterocycles. The van der Waals surface area contributed by atoms with Gasteiger partial charge in [0, 0.05) is 37.6 Å². The number of pyridine rings is 1. The second-order valence-corrected chi connectivity index (χ2v) is 9.37. The van der Waals surface area contributed by atoms with Gasteiger partial charge in [-0.2, -0.15) is 0 Å². The second kappa shape index (κ2) is 10.0. The van der Waals surface area contributed by atoms with Crippen LogP contribution in [0.5, 0.6) is 5.75 Å². The number of piperazine rings is 1. The van der Waals surface area contributed by atoms with Gasteiger partial charge < -0.3 is 19.0 Å². The molecule has 0 spiro atoms.